The highest BCUT2D eigenvalue weighted by Gasteiger charge is 2.34. The minimum atomic E-state index is 0.0156. The van der Waals surface area contributed by atoms with Crippen molar-refractivity contribution < 1.29 is 14.3 Å². The number of amides is 2. The molecule has 0 spiro atoms. The third-order valence-corrected chi connectivity index (χ3v) is 5.72. The molecule has 6 heteroatoms. The summed E-state index contributed by atoms with van der Waals surface area (Å²) in [5.41, 5.74) is 1.96. The first kappa shape index (κ1) is 18.3. The number of carbonyl (C=O) groups is 2. The zero-order chi connectivity index (χ0) is 18.6. The first-order valence-corrected chi connectivity index (χ1v) is 10.2. The van der Waals surface area contributed by atoms with Crippen molar-refractivity contribution in [2.24, 2.45) is 5.92 Å². The van der Waals surface area contributed by atoms with Gasteiger partial charge >= 0.3 is 0 Å². The molecule has 0 radical (unpaired) electrons. The molecule has 2 saturated heterocycles. The van der Waals surface area contributed by atoms with Crippen molar-refractivity contribution in [3.63, 3.8) is 0 Å². The molecule has 3 fully saturated rings. The molecule has 146 valence electrons. The predicted molar refractivity (Wildman–Crippen MR) is 105 cm³/mol. The van der Waals surface area contributed by atoms with Gasteiger partial charge < -0.3 is 19.9 Å². The fraction of sp³-hybridized carbons (Fsp3) is 0.619. The van der Waals surface area contributed by atoms with E-state index in [9.17, 15) is 9.59 Å². The molecular formula is C21H29N3O3. The lowest BCUT2D eigenvalue weighted by Gasteiger charge is -2.36. The number of nitrogens with one attached hydrogen (secondary N) is 1. The van der Waals surface area contributed by atoms with Crippen molar-refractivity contribution in [2.45, 2.75) is 44.6 Å². The predicted octanol–water partition coefficient (Wildman–Crippen LogP) is 2.64. The molecule has 1 aromatic rings. The molecule has 0 aromatic heterocycles. The lowest BCUT2D eigenvalue weighted by molar-refractivity contribution is -0.132. The maximum Gasteiger partial charge on any atom is 0.226 e. The number of hydrogen-bond donors (Lipinski definition) is 1. The van der Waals surface area contributed by atoms with Gasteiger partial charge in [0.2, 0.25) is 11.8 Å². The standard InChI is InChI=1S/C21H29N3O3/c25-20(15-19-3-1-2-14-27-19)22-17-6-8-18(9-7-17)23-10-12-24(13-11-23)21(26)16-4-5-16/h6-9,16,19H,1-5,10-15H2,(H,22,25). The van der Waals surface area contributed by atoms with Crippen LogP contribution in [-0.2, 0) is 14.3 Å². The van der Waals surface area contributed by atoms with Crippen LogP contribution in [0.1, 0.15) is 38.5 Å². The van der Waals surface area contributed by atoms with Gasteiger partial charge in [0.15, 0.2) is 0 Å². The van der Waals surface area contributed by atoms with E-state index >= 15 is 0 Å². The zero-order valence-electron chi connectivity index (χ0n) is 15.9. The monoisotopic (exact) mass is 371 g/mol. The van der Waals surface area contributed by atoms with E-state index in [1.165, 1.54) is 0 Å². The fourth-order valence-electron chi connectivity index (χ4n) is 3.92. The van der Waals surface area contributed by atoms with Crippen LogP contribution in [0.2, 0.25) is 0 Å². The highest BCUT2D eigenvalue weighted by atomic mass is 16.5. The molecule has 1 N–H and O–H groups in total. The summed E-state index contributed by atoms with van der Waals surface area (Å²) >= 11 is 0. The van der Waals surface area contributed by atoms with E-state index in [4.69, 9.17) is 4.74 Å². The summed E-state index contributed by atoms with van der Waals surface area (Å²) in [6, 6.07) is 8.00. The maximum atomic E-state index is 12.2. The molecule has 4 rings (SSSR count). The Balaban J connectivity index is 1.25. The Morgan fingerprint density at radius 1 is 1.00 bits per heavy atom. The van der Waals surface area contributed by atoms with E-state index in [2.05, 4.69) is 10.2 Å². The molecule has 3 aliphatic rings. The Kier molecular flexibility index (Phi) is 5.62. The van der Waals surface area contributed by atoms with E-state index in [-0.39, 0.29) is 12.0 Å². The average Bonchev–Trinajstić information content (AvgIpc) is 3.54. The fourth-order valence-corrected chi connectivity index (χ4v) is 3.92. The van der Waals surface area contributed by atoms with Crippen molar-refractivity contribution in [2.75, 3.05) is 43.0 Å². The largest absolute Gasteiger partial charge is 0.378 e. The first-order chi connectivity index (χ1) is 13.2. The van der Waals surface area contributed by atoms with Crippen LogP contribution in [0.15, 0.2) is 24.3 Å². The number of nitrogens with zero attached hydrogens (tertiary/aromatic N) is 2. The van der Waals surface area contributed by atoms with Gasteiger partial charge in [-0.25, -0.2) is 0 Å². The molecular weight excluding hydrogens is 342 g/mol. The third kappa shape index (κ3) is 4.80. The second-order valence-corrected chi connectivity index (χ2v) is 7.87. The zero-order valence-corrected chi connectivity index (χ0v) is 15.9. The van der Waals surface area contributed by atoms with Crippen molar-refractivity contribution in [3.8, 4) is 0 Å². The topological polar surface area (TPSA) is 61.9 Å². The number of hydrogen-bond acceptors (Lipinski definition) is 4. The summed E-state index contributed by atoms with van der Waals surface area (Å²) in [6.07, 6.45) is 5.85. The van der Waals surface area contributed by atoms with E-state index in [1.54, 1.807) is 0 Å². The number of anilines is 2. The van der Waals surface area contributed by atoms with Gasteiger partial charge in [0.25, 0.3) is 0 Å². The Labute approximate surface area is 160 Å². The lowest BCUT2D eigenvalue weighted by atomic mass is 10.1. The van der Waals surface area contributed by atoms with Crippen LogP contribution in [0, 0.1) is 5.92 Å². The van der Waals surface area contributed by atoms with Crippen molar-refractivity contribution in [1.82, 2.24) is 4.90 Å². The SMILES string of the molecule is O=C(CC1CCCCO1)Nc1ccc(N2CCN(C(=O)C3CC3)CC2)cc1. The van der Waals surface area contributed by atoms with Gasteiger partial charge in [0.1, 0.15) is 0 Å². The van der Waals surface area contributed by atoms with E-state index in [0.29, 0.717) is 18.2 Å². The van der Waals surface area contributed by atoms with Gasteiger partial charge in [-0.05, 0) is 56.4 Å². The Bertz CT molecular complexity index is 658. The molecule has 0 bridgehead atoms. The van der Waals surface area contributed by atoms with E-state index < -0.39 is 0 Å². The van der Waals surface area contributed by atoms with E-state index in [1.807, 2.05) is 29.2 Å². The Morgan fingerprint density at radius 3 is 2.37 bits per heavy atom. The van der Waals surface area contributed by atoms with Gasteiger partial charge in [0, 0.05) is 50.1 Å². The molecule has 1 atom stereocenters. The van der Waals surface area contributed by atoms with E-state index in [0.717, 1.165) is 76.3 Å². The van der Waals surface area contributed by atoms with Crippen molar-refractivity contribution in [1.29, 1.82) is 0 Å². The molecule has 2 heterocycles. The van der Waals surface area contributed by atoms with Crippen LogP contribution in [0.4, 0.5) is 11.4 Å². The maximum absolute atomic E-state index is 12.2. The molecule has 6 nitrogen and oxygen atoms in total. The summed E-state index contributed by atoms with van der Waals surface area (Å²) in [5.74, 6) is 0.662. The smallest absolute Gasteiger partial charge is 0.226 e. The number of ether oxygens (including phenoxy) is 1. The quantitative estimate of drug-likeness (QED) is 0.864. The molecule has 2 amide bonds. The molecule has 1 saturated carbocycles. The Morgan fingerprint density at radius 2 is 1.74 bits per heavy atom. The Hall–Kier alpha value is -2.08. The molecule has 2 aliphatic heterocycles. The van der Waals surface area contributed by atoms with Gasteiger partial charge in [-0.1, -0.05) is 0 Å². The lowest BCUT2D eigenvalue weighted by Crippen LogP contribution is -2.49. The van der Waals surface area contributed by atoms with Crippen LogP contribution in [-0.4, -0.2) is 55.6 Å². The first-order valence-electron chi connectivity index (χ1n) is 10.2. The second kappa shape index (κ2) is 8.30. The highest BCUT2D eigenvalue weighted by molar-refractivity contribution is 5.91. The summed E-state index contributed by atoms with van der Waals surface area (Å²) in [4.78, 5) is 28.7. The summed E-state index contributed by atoms with van der Waals surface area (Å²) in [5, 5.41) is 2.97. The summed E-state index contributed by atoms with van der Waals surface area (Å²) < 4.78 is 5.63. The molecule has 1 aliphatic carbocycles. The van der Waals surface area contributed by atoms with Crippen molar-refractivity contribution >= 4 is 23.2 Å². The third-order valence-electron chi connectivity index (χ3n) is 5.72. The number of piperazine rings is 1. The highest BCUT2D eigenvalue weighted by Crippen LogP contribution is 2.31. The molecule has 27 heavy (non-hydrogen) atoms. The van der Waals surface area contributed by atoms with Crippen LogP contribution in [0.5, 0.6) is 0 Å². The van der Waals surface area contributed by atoms with Gasteiger partial charge in [0.05, 0.1) is 12.5 Å². The van der Waals surface area contributed by atoms with Crippen LogP contribution in [0.25, 0.3) is 0 Å². The van der Waals surface area contributed by atoms with Crippen molar-refractivity contribution in [3.05, 3.63) is 24.3 Å². The number of benzene rings is 1. The summed E-state index contributed by atoms with van der Waals surface area (Å²) in [6.45, 7) is 4.10. The minimum absolute atomic E-state index is 0.0156. The second-order valence-electron chi connectivity index (χ2n) is 7.87. The average molecular weight is 371 g/mol. The molecule has 1 unspecified atom stereocenters. The van der Waals surface area contributed by atoms with Gasteiger partial charge in [-0.15, -0.1) is 0 Å². The summed E-state index contributed by atoms with van der Waals surface area (Å²) in [7, 11) is 0. The van der Waals surface area contributed by atoms with Crippen LogP contribution in [0.3, 0.4) is 0 Å². The number of carbonyl (C=O) groups excluding carboxylic acids is 2. The van der Waals surface area contributed by atoms with Crippen LogP contribution >= 0.6 is 0 Å². The number of rotatable bonds is 5. The minimum Gasteiger partial charge on any atom is -0.378 e. The molecule has 1 aromatic carbocycles. The normalized spacial score (nSPS) is 23.2. The van der Waals surface area contributed by atoms with Gasteiger partial charge in [-0.3, -0.25) is 9.59 Å². The van der Waals surface area contributed by atoms with Gasteiger partial charge in [-0.2, -0.15) is 0 Å². The van der Waals surface area contributed by atoms with Crippen LogP contribution < -0.4 is 10.2 Å².